The van der Waals surface area contributed by atoms with Gasteiger partial charge in [-0.25, -0.2) is 0 Å². The number of carbonyl (C=O) groups excluding carboxylic acids is 1. The quantitative estimate of drug-likeness (QED) is 0.780. The molecule has 0 aliphatic rings. The SMILES string of the molecule is COc1cccc(/C=C/C(=O)N(C)Cc2ccccc2Cl)c1. The number of halogens is 1. The molecule has 0 N–H and O–H groups in total. The maximum Gasteiger partial charge on any atom is 0.246 e. The molecule has 2 aromatic carbocycles. The maximum atomic E-state index is 12.2. The second-order valence-electron chi connectivity index (χ2n) is 4.90. The van der Waals surface area contributed by atoms with Crippen molar-refractivity contribution in [3.63, 3.8) is 0 Å². The number of rotatable bonds is 5. The van der Waals surface area contributed by atoms with Crippen LogP contribution in [0.4, 0.5) is 0 Å². The molecular weight excluding hydrogens is 298 g/mol. The van der Waals surface area contributed by atoms with Gasteiger partial charge < -0.3 is 9.64 Å². The molecule has 0 heterocycles. The highest BCUT2D eigenvalue weighted by Gasteiger charge is 2.08. The summed E-state index contributed by atoms with van der Waals surface area (Å²) in [5.74, 6) is 0.682. The van der Waals surface area contributed by atoms with Crippen molar-refractivity contribution in [3.05, 3.63) is 70.8 Å². The molecule has 0 aliphatic heterocycles. The highest BCUT2D eigenvalue weighted by molar-refractivity contribution is 6.31. The van der Waals surface area contributed by atoms with Crippen LogP contribution < -0.4 is 4.74 Å². The number of likely N-dealkylation sites (N-methyl/N-ethyl adjacent to an activating group) is 1. The average Bonchev–Trinajstić information content (AvgIpc) is 2.54. The molecule has 0 unspecified atom stereocenters. The van der Waals surface area contributed by atoms with E-state index >= 15 is 0 Å². The Kier molecular flexibility index (Phi) is 5.61. The van der Waals surface area contributed by atoms with E-state index in [0.29, 0.717) is 11.6 Å². The summed E-state index contributed by atoms with van der Waals surface area (Å²) >= 11 is 6.11. The average molecular weight is 316 g/mol. The van der Waals surface area contributed by atoms with E-state index in [9.17, 15) is 4.79 Å². The third kappa shape index (κ3) is 4.37. The lowest BCUT2D eigenvalue weighted by atomic mass is 10.2. The molecule has 0 radical (unpaired) electrons. The highest BCUT2D eigenvalue weighted by atomic mass is 35.5. The monoisotopic (exact) mass is 315 g/mol. The van der Waals surface area contributed by atoms with Gasteiger partial charge in [-0.3, -0.25) is 4.79 Å². The Hall–Kier alpha value is -2.26. The highest BCUT2D eigenvalue weighted by Crippen LogP contribution is 2.17. The van der Waals surface area contributed by atoms with Crippen LogP contribution >= 0.6 is 11.6 Å². The van der Waals surface area contributed by atoms with Crippen LogP contribution in [-0.4, -0.2) is 25.0 Å². The van der Waals surface area contributed by atoms with Gasteiger partial charge in [0.05, 0.1) is 7.11 Å². The zero-order valence-corrected chi connectivity index (χ0v) is 13.4. The summed E-state index contributed by atoms with van der Waals surface area (Å²) in [5.41, 5.74) is 1.84. The minimum atomic E-state index is -0.0808. The molecule has 0 bridgehead atoms. The molecule has 0 aromatic heterocycles. The van der Waals surface area contributed by atoms with E-state index in [0.717, 1.165) is 16.9 Å². The fraction of sp³-hybridized carbons (Fsp3) is 0.167. The molecule has 22 heavy (non-hydrogen) atoms. The molecule has 0 spiro atoms. The van der Waals surface area contributed by atoms with Crippen LogP contribution in [0, 0.1) is 0 Å². The van der Waals surface area contributed by atoms with Crippen LogP contribution in [0.15, 0.2) is 54.6 Å². The summed E-state index contributed by atoms with van der Waals surface area (Å²) in [5, 5.41) is 0.666. The summed E-state index contributed by atoms with van der Waals surface area (Å²) in [6.45, 7) is 0.473. The smallest absolute Gasteiger partial charge is 0.246 e. The van der Waals surface area contributed by atoms with Crippen LogP contribution in [0.2, 0.25) is 5.02 Å². The Balaban J connectivity index is 2.01. The van der Waals surface area contributed by atoms with Gasteiger partial charge in [-0.15, -0.1) is 0 Å². The first-order valence-electron chi connectivity index (χ1n) is 6.91. The van der Waals surface area contributed by atoms with E-state index in [1.165, 1.54) is 0 Å². The van der Waals surface area contributed by atoms with E-state index in [1.807, 2.05) is 48.5 Å². The number of benzene rings is 2. The molecule has 2 aromatic rings. The van der Waals surface area contributed by atoms with Crippen molar-refractivity contribution in [1.29, 1.82) is 0 Å². The van der Waals surface area contributed by atoms with E-state index < -0.39 is 0 Å². The number of methoxy groups -OCH3 is 1. The van der Waals surface area contributed by atoms with Gasteiger partial charge in [0.2, 0.25) is 5.91 Å². The van der Waals surface area contributed by atoms with Gasteiger partial charge >= 0.3 is 0 Å². The zero-order chi connectivity index (χ0) is 15.9. The summed E-state index contributed by atoms with van der Waals surface area (Å²) in [6.07, 6.45) is 3.32. The van der Waals surface area contributed by atoms with Crippen LogP contribution in [0.25, 0.3) is 6.08 Å². The minimum Gasteiger partial charge on any atom is -0.497 e. The maximum absolute atomic E-state index is 12.2. The molecule has 0 fully saturated rings. The molecule has 0 saturated heterocycles. The number of ether oxygens (including phenoxy) is 1. The van der Waals surface area contributed by atoms with E-state index in [4.69, 9.17) is 16.3 Å². The van der Waals surface area contributed by atoms with Crippen molar-refractivity contribution in [2.45, 2.75) is 6.54 Å². The van der Waals surface area contributed by atoms with Crippen molar-refractivity contribution in [2.75, 3.05) is 14.2 Å². The molecule has 0 saturated carbocycles. The Labute approximate surface area is 135 Å². The molecule has 0 atom stereocenters. The van der Waals surface area contributed by atoms with Crippen LogP contribution in [0.3, 0.4) is 0 Å². The lowest BCUT2D eigenvalue weighted by Crippen LogP contribution is -2.24. The van der Waals surface area contributed by atoms with Gasteiger partial charge in [0.15, 0.2) is 0 Å². The van der Waals surface area contributed by atoms with Crippen LogP contribution in [0.5, 0.6) is 5.75 Å². The van der Waals surface area contributed by atoms with Gasteiger partial charge in [0, 0.05) is 24.7 Å². The van der Waals surface area contributed by atoms with Crippen molar-refractivity contribution in [2.24, 2.45) is 0 Å². The first kappa shape index (κ1) is 16.1. The van der Waals surface area contributed by atoms with Crippen LogP contribution in [-0.2, 0) is 11.3 Å². The second kappa shape index (κ2) is 7.66. The molecule has 0 aliphatic carbocycles. The first-order valence-corrected chi connectivity index (χ1v) is 7.28. The molecular formula is C18H18ClNO2. The molecule has 1 amide bonds. The lowest BCUT2D eigenvalue weighted by molar-refractivity contribution is -0.125. The molecule has 2 rings (SSSR count). The van der Waals surface area contributed by atoms with E-state index in [1.54, 1.807) is 31.2 Å². The van der Waals surface area contributed by atoms with Gasteiger partial charge in [-0.1, -0.05) is 41.9 Å². The second-order valence-corrected chi connectivity index (χ2v) is 5.30. The molecule has 114 valence electrons. The molecule has 3 nitrogen and oxygen atoms in total. The summed E-state index contributed by atoms with van der Waals surface area (Å²) in [7, 11) is 3.37. The summed E-state index contributed by atoms with van der Waals surface area (Å²) < 4.78 is 5.16. The first-order chi connectivity index (χ1) is 10.6. The number of amides is 1. The topological polar surface area (TPSA) is 29.5 Å². The number of carbonyl (C=O) groups is 1. The summed E-state index contributed by atoms with van der Waals surface area (Å²) in [6, 6.07) is 15.1. The van der Waals surface area contributed by atoms with Crippen LogP contribution in [0.1, 0.15) is 11.1 Å². The predicted octanol–water partition coefficient (Wildman–Crippen LogP) is 4.02. The largest absolute Gasteiger partial charge is 0.497 e. The van der Waals surface area contributed by atoms with E-state index in [2.05, 4.69) is 0 Å². The van der Waals surface area contributed by atoms with E-state index in [-0.39, 0.29) is 5.91 Å². The minimum absolute atomic E-state index is 0.0808. The summed E-state index contributed by atoms with van der Waals surface area (Å²) in [4.78, 5) is 13.8. The third-order valence-electron chi connectivity index (χ3n) is 3.25. The fourth-order valence-electron chi connectivity index (χ4n) is 2.00. The Morgan fingerprint density at radius 2 is 2.00 bits per heavy atom. The normalized spacial score (nSPS) is 10.7. The number of hydrogen-bond donors (Lipinski definition) is 0. The van der Waals surface area contributed by atoms with Gasteiger partial charge in [0.25, 0.3) is 0 Å². The number of hydrogen-bond acceptors (Lipinski definition) is 2. The van der Waals surface area contributed by atoms with Gasteiger partial charge in [-0.2, -0.15) is 0 Å². The predicted molar refractivity (Wildman–Crippen MR) is 90.0 cm³/mol. The van der Waals surface area contributed by atoms with Crippen molar-refractivity contribution in [1.82, 2.24) is 4.90 Å². The van der Waals surface area contributed by atoms with Gasteiger partial charge in [-0.05, 0) is 35.4 Å². The fourth-order valence-corrected chi connectivity index (χ4v) is 2.20. The van der Waals surface area contributed by atoms with Crippen molar-refractivity contribution in [3.8, 4) is 5.75 Å². The lowest BCUT2D eigenvalue weighted by Gasteiger charge is -2.16. The Bertz CT molecular complexity index is 682. The van der Waals surface area contributed by atoms with Crippen molar-refractivity contribution >= 4 is 23.6 Å². The van der Waals surface area contributed by atoms with Crippen molar-refractivity contribution < 1.29 is 9.53 Å². The third-order valence-corrected chi connectivity index (χ3v) is 3.62. The molecule has 4 heteroatoms. The Morgan fingerprint density at radius 3 is 2.73 bits per heavy atom. The number of nitrogens with zero attached hydrogens (tertiary/aromatic N) is 1. The Morgan fingerprint density at radius 1 is 1.23 bits per heavy atom. The standard InChI is InChI=1S/C18H18ClNO2/c1-20(13-15-7-3-4-9-17(15)19)18(21)11-10-14-6-5-8-16(12-14)22-2/h3-12H,13H2,1-2H3/b11-10+. The zero-order valence-electron chi connectivity index (χ0n) is 12.6. The van der Waals surface area contributed by atoms with Gasteiger partial charge in [0.1, 0.15) is 5.75 Å².